The molecule has 7 aromatic carbocycles. The molecule has 0 fully saturated rings. The van der Waals surface area contributed by atoms with Gasteiger partial charge in [0.2, 0.25) is 0 Å². The van der Waals surface area contributed by atoms with Crippen molar-refractivity contribution in [1.82, 2.24) is 0 Å². The van der Waals surface area contributed by atoms with Crippen LogP contribution in [-0.4, -0.2) is 10.2 Å². The Kier molecular flexibility index (Phi) is 5.82. The molecule has 0 heterocycles. The van der Waals surface area contributed by atoms with E-state index in [9.17, 15) is 10.2 Å². The molecule has 2 aliphatic carbocycles. The van der Waals surface area contributed by atoms with Crippen molar-refractivity contribution in [3.8, 4) is 44.5 Å². The summed E-state index contributed by atoms with van der Waals surface area (Å²) in [4.78, 5) is 0. The lowest BCUT2D eigenvalue weighted by atomic mass is 9.83. The van der Waals surface area contributed by atoms with Gasteiger partial charge in [0.1, 0.15) is 11.2 Å². The minimum Gasteiger partial charge on any atom is -0.376 e. The van der Waals surface area contributed by atoms with Gasteiger partial charge in [-0.25, -0.2) is 0 Å². The Morgan fingerprint density at radius 1 is 0.261 bits per heavy atom. The molecule has 0 spiro atoms. The molecule has 46 heavy (non-hydrogen) atoms. The van der Waals surface area contributed by atoms with E-state index in [2.05, 4.69) is 72.8 Å². The maximum Gasteiger partial charge on any atom is 0.141 e. The van der Waals surface area contributed by atoms with Crippen molar-refractivity contribution >= 4 is 0 Å². The van der Waals surface area contributed by atoms with Gasteiger partial charge in [0, 0.05) is 22.3 Å². The molecule has 0 bridgehead atoms. The molecule has 0 saturated heterocycles. The van der Waals surface area contributed by atoms with E-state index in [1.54, 1.807) is 0 Å². The Bertz CT molecular complexity index is 2010. The first-order chi connectivity index (χ1) is 22.6. The summed E-state index contributed by atoms with van der Waals surface area (Å²) < 4.78 is 0. The molecule has 2 heteroatoms. The fourth-order valence-electron chi connectivity index (χ4n) is 7.71. The van der Waals surface area contributed by atoms with E-state index < -0.39 is 11.2 Å². The third kappa shape index (κ3) is 3.72. The van der Waals surface area contributed by atoms with E-state index >= 15 is 0 Å². The third-order valence-corrected chi connectivity index (χ3v) is 10.0. The van der Waals surface area contributed by atoms with E-state index in [0.29, 0.717) is 0 Å². The Morgan fingerprint density at radius 3 is 0.739 bits per heavy atom. The Morgan fingerprint density at radius 2 is 0.478 bits per heavy atom. The summed E-state index contributed by atoms with van der Waals surface area (Å²) >= 11 is 0. The monoisotopic (exact) mass is 590 g/mol. The van der Waals surface area contributed by atoms with Crippen molar-refractivity contribution in [2.75, 3.05) is 0 Å². The Hall–Kier alpha value is -5.54. The summed E-state index contributed by atoms with van der Waals surface area (Å²) in [7, 11) is 0. The second kappa shape index (κ2) is 9.98. The number of hydrogen-bond donors (Lipinski definition) is 2. The molecule has 0 atom stereocenters. The highest BCUT2D eigenvalue weighted by molar-refractivity contribution is 5.84. The maximum atomic E-state index is 12.2. The normalized spacial score (nSPS) is 14.7. The average Bonchev–Trinajstić information content (AvgIpc) is 3.56. The van der Waals surface area contributed by atoms with Crippen LogP contribution >= 0.6 is 0 Å². The van der Waals surface area contributed by atoms with Crippen LogP contribution in [0.4, 0.5) is 0 Å². The van der Waals surface area contributed by atoms with Crippen molar-refractivity contribution in [2.45, 2.75) is 11.2 Å². The molecule has 0 aliphatic heterocycles. The number of hydrogen-bond acceptors (Lipinski definition) is 2. The van der Waals surface area contributed by atoms with E-state index in [0.717, 1.165) is 77.9 Å². The van der Waals surface area contributed by atoms with Crippen LogP contribution in [0.25, 0.3) is 44.5 Å². The van der Waals surface area contributed by atoms with Crippen LogP contribution in [0.2, 0.25) is 0 Å². The minimum absolute atomic E-state index is 0.861. The largest absolute Gasteiger partial charge is 0.376 e. The zero-order valence-electron chi connectivity index (χ0n) is 25.1. The molecular weight excluding hydrogens is 560 g/mol. The van der Waals surface area contributed by atoms with Gasteiger partial charge in [0.05, 0.1) is 0 Å². The van der Waals surface area contributed by atoms with Crippen molar-refractivity contribution in [2.24, 2.45) is 0 Å². The van der Waals surface area contributed by atoms with Crippen molar-refractivity contribution in [3.63, 3.8) is 0 Å². The van der Waals surface area contributed by atoms with Crippen molar-refractivity contribution in [1.29, 1.82) is 0 Å². The van der Waals surface area contributed by atoms with E-state index in [1.165, 1.54) is 0 Å². The summed E-state index contributed by atoms with van der Waals surface area (Å²) in [5, 5.41) is 24.4. The fourth-order valence-corrected chi connectivity index (χ4v) is 7.71. The van der Waals surface area contributed by atoms with Gasteiger partial charge in [0.25, 0.3) is 0 Å². The van der Waals surface area contributed by atoms with E-state index in [1.807, 2.05) is 97.1 Å². The van der Waals surface area contributed by atoms with Gasteiger partial charge >= 0.3 is 0 Å². The van der Waals surface area contributed by atoms with E-state index in [-0.39, 0.29) is 0 Å². The highest BCUT2D eigenvalue weighted by atomic mass is 16.3. The molecule has 0 radical (unpaired) electrons. The standard InChI is InChI=1S/C44H30O2/c45-43(39-13-5-1-9-35(39)36-10-2-6-14-40(36)43)33-25-21-31(22-26-33)29-17-19-30(20-18-29)32-23-27-34(28-24-32)44(46)41-15-7-3-11-37(41)38-12-4-8-16-42(38)44/h1-28,45-46H. The van der Waals surface area contributed by atoms with Gasteiger partial charge in [-0.15, -0.1) is 0 Å². The van der Waals surface area contributed by atoms with Crippen LogP contribution in [0.5, 0.6) is 0 Å². The second-order valence-electron chi connectivity index (χ2n) is 12.3. The van der Waals surface area contributed by atoms with E-state index in [4.69, 9.17) is 0 Å². The predicted octanol–water partition coefficient (Wildman–Crippen LogP) is 9.55. The zero-order chi connectivity index (χ0) is 30.9. The molecule has 0 amide bonds. The third-order valence-electron chi connectivity index (χ3n) is 10.0. The molecular formula is C44H30O2. The van der Waals surface area contributed by atoms with Crippen LogP contribution in [0.15, 0.2) is 170 Å². The van der Waals surface area contributed by atoms with Crippen LogP contribution in [-0.2, 0) is 11.2 Å². The highest BCUT2D eigenvalue weighted by Crippen LogP contribution is 2.52. The average molecular weight is 591 g/mol. The van der Waals surface area contributed by atoms with Gasteiger partial charge < -0.3 is 10.2 Å². The van der Waals surface area contributed by atoms with Crippen LogP contribution in [0, 0.1) is 0 Å². The Balaban J connectivity index is 1.00. The summed E-state index contributed by atoms with van der Waals surface area (Å²) in [6, 6.07) is 57.7. The van der Waals surface area contributed by atoms with Gasteiger partial charge in [-0.3, -0.25) is 0 Å². The first-order valence-electron chi connectivity index (χ1n) is 15.7. The highest BCUT2D eigenvalue weighted by Gasteiger charge is 2.43. The lowest BCUT2D eigenvalue weighted by molar-refractivity contribution is 0.130. The molecule has 2 N–H and O–H groups in total. The zero-order valence-corrected chi connectivity index (χ0v) is 25.1. The van der Waals surface area contributed by atoms with Crippen molar-refractivity contribution < 1.29 is 10.2 Å². The van der Waals surface area contributed by atoms with Gasteiger partial charge in [-0.1, -0.05) is 170 Å². The molecule has 218 valence electrons. The summed E-state index contributed by atoms with van der Waals surface area (Å²) in [6.07, 6.45) is 0. The number of benzene rings is 7. The van der Waals surface area contributed by atoms with Crippen LogP contribution in [0.3, 0.4) is 0 Å². The summed E-state index contributed by atoms with van der Waals surface area (Å²) in [6.45, 7) is 0. The summed E-state index contributed by atoms with van der Waals surface area (Å²) in [5.41, 5.74) is 11.8. The number of aliphatic hydroxyl groups is 2. The predicted molar refractivity (Wildman–Crippen MR) is 185 cm³/mol. The molecule has 7 aromatic rings. The fraction of sp³-hybridized carbons (Fsp3) is 0.0455. The molecule has 9 rings (SSSR count). The smallest absolute Gasteiger partial charge is 0.141 e. The van der Waals surface area contributed by atoms with Crippen molar-refractivity contribution in [3.05, 3.63) is 203 Å². The lowest BCUT2D eigenvalue weighted by Crippen LogP contribution is -2.26. The number of fused-ring (bicyclic) bond motifs is 6. The molecule has 0 unspecified atom stereocenters. The Labute approximate surface area is 268 Å². The maximum absolute atomic E-state index is 12.2. The van der Waals surface area contributed by atoms with Gasteiger partial charge in [-0.05, 0) is 55.6 Å². The lowest BCUT2D eigenvalue weighted by Gasteiger charge is -2.27. The minimum atomic E-state index is -1.18. The number of rotatable bonds is 4. The first kappa shape index (κ1) is 26.8. The molecule has 0 saturated carbocycles. The second-order valence-corrected chi connectivity index (χ2v) is 12.3. The van der Waals surface area contributed by atoms with Crippen LogP contribution < -0.4 is 0 Å². The quantitative estimate of drug-likeness (QED) is 0.214. The summed E-state index contributed by atoms with van der Waals surface area (Å²) in [5.74, 6) is 0. The molecule has 2 aliphatic rings. The van der Waals surface area contributed by atoms with Gasteiger partial charge in [0.15, 0.2) is 0 Å². The topological polar surface area (TPSA) is 40.5 Å². The van der Waals surface area contributed by atoms with Gasteiger partial charge in [-0.2, -0.15) is 0 Å². The SMILES string of the molecule is OC1(c2ccc(-c3ccc(-c4ccc(C5(O)c6ccccc6-c6ccccc65)cc4)cc3)cc2)c2ccccc2-c2ccccc21. The van der Waals surface area contributed by atoms with Crippen LogP contribution in [0.1, 0.15) is 33.4 Å². The molecule has 0 aromatic heterocycles. The first-order valence-corrected chi connectivity index (χ1v) is 15.7. The molecule has 2 nitrogen and oxygen atoms in total.